The largest absolute Gasteiger partial charge is 0.378 e. The average molecular weight is 226 g/mol. The molecule has 1 saturated heterocycles. The molecule has 3 nitrogen and oxygen atoms in total. The van der Waals surface area contributed by atoms with Gasteiger partial charge in [0, 0.05) is 31.0 Å². The van der Waals surface area contributed by atoms with Crippen molar-refractivity contribution in [3.8, 4) is 0 Å². The van der Waals surface area contributed by atoms with Crippen molar-refractivity contribution in [3.05, 3.63) is 16.7 Å². The van der Waals surface area contributed by atoms with E-state index in [1.165, 1.54) is 0 Å². The highest BCUT2D eigenvalue weighted by atomic mass is 32.1. The Morgan fingerprint density at radius 3 is 3.07 bits per heavy atom. The second kappa shape index (κ2) is 4.49. The average Bonchev–Trinajstić information content (AvgIpc) is 2.74. The number of hydrogen-bond acceptors (Lipinski definition) is 2. The third-order valence-electron chi connectivity index (χ3n) is 3.09. The molecule has 0 amide bonds. The highest BCUT2D eigenvalue weighted by molar-refractivity contribution is 7.71. The van der Waals surface area contributed by atoms with E-state index in [0.717, 1.165) is 36.5 Å². The SMILES string of the molecule is CCC1OCCC1Cn1cc(C)[nH]c1=S. The van der Waals surface area contributed by atoms with Crippen molar-refractivity contribution in [1.29, 1.82) is 0 Å². The Bertz CT molecular complexity index is 382. The maximum absolute atomic E-state index is 5.68. The van der Waals surface area contributed by atoms with Crippen LogP contribution in [0.1, 0.15) is 25.5 Å². The lowest BCUT2D eigenvalue weighted by Gasteiger charge is -2.16. The van der Waals surface area contributed by atoms with Crippen LogP contribution in [-0.4, -0.2) is 22.3 Å². The van der Waals surface area contributed by atoms with E-state index in [2.05, 4.69) is 22.7 Å². The molecule has 2 unspecified atom stereocenters. The molecule has 2 atom stereocenters. The van der Waals surface area contributed by atoms with Crippen LogP contribution in [-0.2, 0) is 11.3 Å². The summed E-state index contributed by atoms with van der Waals surface area (Å²) in [5.41, 5.74) is 1.13. The standard InChI is InChI=1S/C11H18N2OS/c1-3-10-9(4-5-14-10)7-13-6-8(2)12-11(13)15/h6,9-10H,3-5,7H2,1-2H3,(H,12,15). The summed E-state index contributed by atoms with van der Waals surface area (Å²) >= 11 is 5.25. The number of aromatic nitrogens is 2. The first-order valence-corrected chi connectivity index (χ1v) is 5.99. The maximum Gasteiger partial charge on any atom is 0.177 e. The zero-order chi connectivity index (χ0) is 10.8. The van der Waals surface area contributed by atoms with Crippen LogP contribution < -0.4 is 0 Å². The number of hydrogen-bond donors (Lipinski definition) is 1. The zero-order valence-electron chi connectivity index (χ0n) is 9.32. The predicted molar refractivity (Wildman–Crippen MR) is 62.5 cm³/mol. The van der Waals surface area contributed by atoms with Gasteiger partial charge in [0.05, 0.1) is 6.10 Å². The number of ether oxygens (including phenoxy) is 1. The van der Waals surface area contributed by atoms with Crippen molar-refractivity contribution >= 4 is 12.2 Å². The first-order chi connectivity index (χ1) is 7.20. The van der Waals surface area contributed by atoms with Gasteiger partial charge in [-0.05, 0) is 32.0 Å². The fraction of sp³-hybridized carbons (Fsp3) is 0.727. The van der Waals surface area contributed by atoms with Gasteiger partial charge >= 0.3 is 0 Å². The van der Waals surface area contributed by atoms with Crippen LogP contribution in [0.2, 0.25) is 0 Å². The Kier molecular flexibility index (Phi) is 3.26. The molecule has 1 aromatic heterocycles. The molecule has 1 aromatic rings. The third kappa shape index (κ3) is 2.32. The van der Waals surface area contributed by atoms with Crippen molar-refractivity contribution in [2.75, 3.05) is 6.61 Å². The minimum absolute atomic E-state index is 0.419. The zero-order valence-corrected chi connectivity index (χ0v) is 10.1. The molecule has 0 spiro atoms. The Balaban J connectivity index is 2.08. The fourth-order valence-corrected chi connectivity index (χ4v) is 2.59. The predicted octanol–water partition coefficient (Wildman–Crippen LogP) is 2.67. The molecule has 4 heteroatoms. The van der Waals surface area contributed by atoms with Crippen molar-refractivity contribution in [3.63, 3.8) is 0 Å². The summed E-state index contributed by atoms with van der Waals surface area (Å²) in [7, 11) is 0. The summed E-state index contributed by atoms with van der Waals surface area (Å²) in [5, 5.41) is 0. The van der Waals surface area contributed by atoms with Gasteiger partial charge in [-0.2, -0.15) is 0 Å². The van der Waals surface area contributed by atoms with Gasteiger partial charge in [0.25, 0.3) is 0 Å². The van der Waals surface area contributed by atoms with Crippen LogP contribution in [0.3, 0.4) is 0 Å². The lowest BCUT2D eigenvalue weighted by molar-refractivity contribution is 0.0834. The van der Waals surface area contributed by atoms with Crippen molar-refractivity contribution in [1.82, 2.24) is 9.55 Å². The summed E-state index contributed by atoms with van der Waals surface area (Å²) in [6.45, 7) is 6.11. The van der Waals surface area contributed by atoms with Gasteiger partial charge in [-0.1, -0.05) is 6.92 Å². The van der Waals surface area contributed by atoms with Gasteiger partial charge in [0.15, 0.2) is 4.77 Å². The maximum atomic E-state index is 5.68. The number of aryl methyl sites for hydroxylation is 1. The van der Waals surface area contributed by atoms with Crippen molar-refractivity contribution in [2.24, 2.45) is 5.92 Å². The van der Waals surface area contributed by atoms with E-state index in [1.807, 2.05) is 6.92 Å². The van der Waals surface area contributed by atoms with Gasteiger partial charge in [-0.3, -0.25) is 0 Å². The molecule has 0 saturated carbocycles. The highest BCUT2D eigenvalue weighted by Gasteiger charge is 2.26. The quantitative estimate of drug-likeness (QED) is 0.803. The summed E-state index contributed by atoms with van der Waals surface area (Å²) in [4.78, 5) is 3.15. The van der Waals surface area contributed by atoms with Crippen LogP contribution in [0, 0.1) is 17.6 Å². The Morgan fingerprint density at radius 1 is 1.67 bits per heavy atom. The molecular weight excluding hydrogens is 208 g/mol. The Morgan fingerprint density at radius 2 is 2.47 bits per heavy atom. The number of H-pyrrole nitrogens is 1. The van der Waals surface area contributed by atoms with E-state index in [9.17, 15) is 0 Å². The minimum Gasteiger partial charge on any atom is -0.378 e. The molecule has 1 fully saturated rings. The van der Waals surface area contributed by atoms with Gasteiger partial charge in [-0.25, -0.2) is 0 Å². The second-order valence-corrected chi connectivity index (χ2v) is 4.65. The molecule has 0 aliphatic carbocycles. The summed E-state index contributed by atoms with van der Waals surface area (Å²) in [5.74, 6) is 0.622. The first-order valence-electron chi connectivity index (χ1n) is 5.58. The molecule has 0 bridgehead atoms. The van der Waals surface area contributed by atoms with E-state index in [4.69, 9.17) is 17.0 Å². The van der Waals surface area contributed by atoms with Crippen LogP contribution in [0.15, 0.2) is 6.20 Å². The van der Waals surface area contributed by atoms with Gasteiger partial charge in [0.2, 0.25) is 0 Å². The summed E-state index contributed by atoms with van der Waals surface area (Å²) < 4.78 is 8.64. The molecule has 2 rings (SSSR count). The van der Waals surface area contributed by atoms with Crippen LogP contribution in [0.25, 0.3) is 0 Å². The van der Waals surface area contributed by atoms with Crippen molar-refractivity contribution in [2.45, 2.75) is 39.3 Å². The Hall–Kier alpha value is -0.610. The van der Waals surface area contributed by atoms with Crippen LogP contribution in [0.4, 0.5) is 0 Å². The Labute approximate surface area is 95.5 Å². The van der Waals surface area contributed by atoms with Crippen LogP contribution >= 0.6 is 12.2 Å². The summed E-state index contributed by atoms with van der Waals surface area (Å²) in [6.07, 6.45) is 4.77. The molecule has 1 aliphatic rings. The number of nitrogens with zero attached hydrogens (tertiary/aromatic N) is 1. The molecule has 1 N–H and O–H groups in total. The monoisotopic (exact) mass is 226 g/mol. The number of rotatable bonds is 3. The number of aromatic amines is 1. The summed E-state index contributed by atoms with van der Waals surface area (Å²) in [6, 6.07) is 0. The van der Waals surface area contributed by atoms with Gasteiger partial charge < -0.3 is 14.3 Å². The molecular formula is C11H18N2OS. The van der Waals surface area contributed by atoms with Gasteiger partial charge in [0.1, 0.15) is 0 Å². The normalized spacial score (nSPS) is 26.0. The third-order valence-corrected chi connectivity index (χ3v) is 3.43. The fourth-order valence-electron chi connectivity index (χ4n) is 2.31. The van der Waals surface area contributed by atoms with Crippen LogP contribution in [0.5, 0.6) is 0 Å². The topological polar surface area (TPSA) is 29.9 Å². The molecule has 2 heterocycles. The second-order valence-electron chi connectivity index (χ2n) is 4.26. The van der Waals surface area contributed by atoms with Crippen molar-refractivity contribution < 1.29 is 4.74 Å². The molecule has 1 aliphatic heterocycles. The lowest BCUT2D eigenvalue weighted by atomic mass is 10.00. The van der Waals surface area contributed by atoms with E-state index in [-0.39, 0.29) is 0 Å². The first kappa shape index (κ1) is 10.9. The van der Waals surface area contributed by atoms with Gasteiger partial charge in [-0.15, -0.1) is 0 Å². The number of imidazole rings is 1. The molecule has 15 heavy (non-hydrogen) atoms. The highest BCUT2D eigenvalue weighted by Crippen LogP contribution is 2.25. The van der Waals surface area contributed by atoms with E-state index >= 15 is 0 Å². The number of nitrogens with one attached hydrogen (secondary N) is 1. The molecule has 84 valence electrons. The van der Waals surface area contributed by atoms with E-state index in [0.29, 0.717) is 12.0 Å². The molecule has 0 aromatic carbocycles. The smallest absolute Gasteiger partial charge is 0.177 e. The molecule has 0 radical (unpaired) electrons. The van der Waals surface area contributed by atoms with E-state index in [1.54, 1.807) is 0 Å². The lowest BCUT2D eigenvalue weighted by Crippen LogP contribution is -2.19. The minimum atomic E-state index is 0.419. The van der Waals surface area contributed by atoms with E-state index < -0.39 is 0 Å².